The molecule has 0 amide bonds. The Balaban J connectivity index is 1.76. The van der Waals surface area contributed by atoms with Crippen molar-refractivity contribution in [3.05, 3.63) is 30.3 Å². The molecule has 2 fully saturated rings. The van der Waals surface area contributed by atoms with Crippen molar-refractivity contribution in [1.82, 2.24) is 0 Å². The normalized spacial score (nSPS) is 33.2. The molecule has 1 aromatic carbocycles. The molecular formula is C12H12O4Se. The van der Waals surface area contributed by atoms with E-state index in [2.05, 4.69) is 0 Å². The molecular weight excluding hydrogens is 287 g/mol. The van der Waals surface area contributed by atoms with Crippen LogP contribution in [0.25, 0.3) is 0 Å². The predicted octanol–water partition coefficient (Wildman–Crippen LogP) is 0.185. The van der Waals surface area contributed by atoms with E-state index in [0.717, 1.165) is 4.46 Å². The van der Waals surface area contributed by atoms with Crippen molar-refractivity contribution in [2.75, 3.05) is 6.61 Å². The second-order valence-corrected chi connectivity index (χ2v) is 7.53. The summed E-state index contributed by atoms with van der Waals surface area (Å²) in [7, 11) is 0. The molecule has 2 aliphatic rings. The summed E-state index contributed by atoms with van der Waals surface area (Å²) in [5.41, 5.74) is 0. The molecule has 4 nitrogen and oxygen atoms in total. The van der Waals surface area contributed by atoms with Crippen molar-refractivity contribution in [2.24, 2.45) is 5.92 Å². The van der Waals surface area contributed by atoms with E-state index in [1.807, 2.05) is 30.3 Å². The number of carbonyl (C=O) groups is 1. The number of ether oxygens (including phenoxy) is 2. The molecule has 0 radical (unpaired) electrons. The summed E-state index contributed by atoms with van der Waals surface area (Å²) < 4.78 is 23.7. The van der Waals surface area contributed by atoms with Gasteiger partial charge in [0, 0.05) is 0 Å². The summed E-state index contributed by atoms with van der Waals surface area (Å²) in [6, 6.07) is 9.34. The Labute approximate surface area is 103 Å². The first-order valence-corrected chi connectivity index (χ1v) is 8.08. The maximum absolute atomic E-state index is 12.3. The van der Waals surface area contributed by atoms with Gasteiger partial charge in [0.05, 0.1) is 0 Å². The van der Waals surface area contributed by atoms with Crippen molar-refractivity contribution in [1.29, 1.82) is 0 Å². The van der Waals surface area contributed by atoms with Crippen LogP contribution in [0.3, 0.4) is 0 Å². The zero-order valence-corrected chi connectivity index (χ0v) is 10.8. The SMILES string of the molecule is O=C1OC[C@H]2O[C@@H]([Se](=O)c3ccccc3)C[C@@H]12. The Morgan fingerprint density at radius 1 is 1.24 bits per heavy atom. The Hall–Kier alpha value is -1.03. The number of rotatable bonds is 2. The second-order valence-electron chi connectivity index (χ2n) is 4.19. The molecule has 0 N–H and O–H groups in total. The summed E-state index contributed by atoms with van der Waals surface area (Å²) in [6.45, 7) is 0.313. The topological polar surface area (TPSA) is 52.6 Å². The van der Waals surface area contributed by atoms with Crippen LogP contribution in [0.4, 0.5) is 0 Å². The monoisotopic (exact) mass is 300 g/mol. The molecule has 17 heavy (non-hydrogen) atoms. The quantitative estimate of drug-likeness (QED) is 0.578. The molecule has 2 heterocycles. The summed E-state index contributed by atoms with van der Waals surface area (Å²) in [4.78, 5) is 11.4. The van der Waals surface area contributed by atoms with Crippen LogP contribution in [-0.4, -0.2) is 37.5 Å². The molecule has 0 bridgehead atoms. The second kappa shape index (κ2) is 4.33. The predicted molar refractivity (Wildman–Crippen MR) is 60.2 cm³/mol. The van der Waals surface area contributed by atoms with Crippen LogP contribution in [0.5, 0.6) is 0 Å². The first kappa shape index (κ1) is 11.1. The molecule has 5 heteroatoms. The van der Waals surface area contributed by atoms with Gasteiger partial charge in [-0.05, 0) is 0 Å². The van der Waals surface area contributed by atoms with E-state index in [0.29, 0.717) is 13.0 Å². The van der Waals surface area contributed by atoms with Gasteiger partial charge in [0.15, 0.2) is 0 Å². The van der Waals surface area contributed by atoms with Crippen molar-refractivity contribution in [3.8, 4) is 0 Å². The molecule has 2 saturated heterocycles. The average Bonchev–Trinajstić information content (AvgIpc) is 2.92. The minimum atomic E-state index is -2.23. The average molecular weight is 299 g/mol. The van der Waals surface area contributed by atoms with E-state index >= 15 is 0 Å². The Kier molecular flexibility index (Phi) is 2.82. The molecule has 0 aliphatic carbocycles. The number of benzene rings is 1. The summed E-state index contributed by atoms with van der Waals surface area (Å²) in [5, 5.41) is -0.291. The van der Waals surface area contributed by atoms with E-state index in [-0.39, 0.29) is 23.0 Å². The van der Waals surface area contributed by atoms with Gasteiger partial charge in [0.25, 0.3) is 0 Å². The van der Waals surface area contributed by atoms with Crippen LogP contribution in [0.15, 0.2) is 30.3 Å². The van der Waals surface area contributed by atoms with Crippen LogP contribution < -0.4 is 4.46 Å². The Morgan fingerprint density at radius 3 is 2.71 bits per heavy atom. The third kappa shape index (κ3) is 1.95. The fourth-order valence-corrected chi connectivity index (χ4v) is 5.07. The molecule has 0 aromatic heterocycles. The van der Waals surface area contributed by atoms with Crippen molar-refractivity contribution < 1.29 is 18.1 Å². The van der Waals surface area contributed by atoms with Crippen LogP contribution >= 0.6 is 0 Å². The first-order valence-electron chi connectivity index (χ1n) is 5.53. The number of hydrogen-bond acceptors (Lipinski definition) is 4. The van der Waals surface area contributed by atoms with E-state index < -0.39 is 13.8 Å². The van der Waals surface area contributed by atoms with Crippen molar-refractivity contribution in [2.45, 2.75) is 17.5 Å². The standard InChI is InChI=1S/C12H12O4Se/c13-12-9-6-11(16-10(9)7-15-12)17(14)8-4-2-1-3-5-8/h1-5,9-11H,6-7H2/t9-,10-,11+,17?/m1/s1. The molecule has 2 aliphatic heterocycles. The van der Waals surface area contributed by atoms with Gasteiger partial charge in [0.2, 0.25) is 0 Å². The Bertz CT molecular complexity index is 459. The summed E-state index contributed by atoms with van der Waals surface area (Å²) in [5.74, 6) is -0.409. The molecule has 0 spiro atoms. The number of carbonyl (C=O) groups excluding carboxylic acids is 1. The molecule has 90 valence electrons. The fraction of sp³-hybridized carbons (Fsp3) is 0.417. The fourth-order valence-electron chi connectivity index (χ4n) is 2.22. The Morgan fingerprint density at radius 2 is 2.00 bits per heavy atom. The van der Waals surface area contributed by atoms with Gasteiger partial charge in [-0.25, -0.2) is 0 Å². The third-order valence-corrected chi connectivity index (χ3v) is 6.31. The van der Waals surface area contributed by atoms with Gasteiger partial charge in [-0.3, -0.25) is 0 Å². The van der Waals surface area contributed by atoms with Crippen molar-refractivity contribution >= 4 is 24.3 Å². The van der Waals surface area contributed by atoms with Gasteiger partial charge >= 0.3 is 103 Å². The van der Waals surface area contributed by atoms with Gasteiger partial charge in [0.1, 0.15) is 0 Å². The van der Waals surface area contributed by atoms with E-state index in [1.165, 1.54) is 0 Å². The number of fused-ring (bicyclic) bond motifs is 1. The number of hydrogen-bond donors (Lipinski definition) is 0. The molecule has 3 rings (SSSR count). The zero-order chi connectivity index (χ0) is 11.8. The van der Waals surface area contributed by atoms with Gasteiger partial charge in [-0.1, -0.05) is 0 Å². The summed E-state index contributed by atoms with van der Waals surface area (Å²) in [6.07, 6.45) is 0.350. The minimum absolute atomic E-state index is 0.184. The van der Waals surface area contributed by atoms with E-state index in [9.17, 15) is 8.63 Å². The third-order valence-electron chi connectivity index (χ3n) is 3.13. The van der Waals surface area contributed by atoms with Crippen molar-refractivity contribution in [3.63, 3.8) is 0 Å². The van der Waals surface area contributed by atoms with Crippen LogP contribution in [0.2, 0.25) is 0 Å². The van der Waals surface area contributed by atoms with Gasteiger partial charge in [-0.15, -0.1) is 0 Å². The van der Waals surface area contributed by atoms with Crippen LogP contribution in [0, 0.1) is 5.92 Å². The molecule has 1 unspecified atom stereocenters. The molecule has 0 saturated carbocycles. The zero-order valence-electron chi connectivity index (χ0n) is 9.07. The van der Waals surface area contributed by atoms with Gasteiger partial charge < -0.3 is 0 Å². The summed E-state index contributed by atoms with van der Waals surface area (Å²) >= 11 is -2.23. The first-order chi connectivity index (χ1) is 8.25. The molecule has 1 aromatic rings. The van der Waals surface area contributed by atoms with Crippen LogP contribution in [-0.2, 0) is 18.1 Å². The maximum atomic E-state index is 12.3. The van der Waals surface area contributed by atoms with E-state index in [4.69, 9.17) is 9.47 Å². The number of esters is 1. The number of cyclic esters (lactones) is 1. The van der Waals surface area contributed by atoms with Gasteiger partial charge in [-0.2, -0.15) is 0 Å². The van der Waals surface area contributed by atoms with Crippen LogP contribution in [0.1, 0.15) is 6.42 Å². The van der Waals surface area contributed by atoms with E-state index in [1.54, 1.807) is 0 Å². The molecule has 4 atom stereocenters.